The summed E-state index contributed by atoms with van der Waals surface area (Å²) in [6.07, 6.45) is 2.78. The van der Waals surface area contributed by atoms with Gasteiger partial charge in [0.15, 0.2) is 0 Å². The third-order valence-electron chi connectivity index (χ3n) is 3.99. The fraction of sp³-hybridized carbons (Fsp3) is 0.600. The van der Waals surface area contributed by atoms with Crippen molar-refractivity contribution >= 4 is 24.2 Å². The summed E-state index contributed by atoms with van der Waals surface area (Å²) >= 11 is 0. The molecule has 116 valence electrons. The average molecular weight is 296 g/mol. The minimum Gasteiger partial charge on any atom is -0.481 e. The lowest BCUT2D eigenvalue weighted by atomic mass is 9.64. The van der Waals surface area contributed by atoms with Gasteiger partial charge in [-0.15, -0.1) is 0 Å². The minimum atomic E-state index is -1.33. The van der Waals surface area contributed by atoms with Crippen LogP contribution in [0.5, 0.6) is 0 Å². The fourth-order valence-electron chi connectivity index (χ4n) is 2.81. The first-order chi connectivity index (χ1) is 9.85. The van der Waals surface area contributed by atoms with Crippen molar-refractivity contribution in [3.05, 3.63) is 12.2 Å². The van der Waals surface area contributed by atoms with Gasteiger partial charge >= 0.3 is 17.9 Å². The molecule has 0 saturated heterocycles. The molecule has 0 bridgehead atoms. The van der Waals surface area contributed by atoms with Gasteiger partial charge in [0.05, 0.1) is 11.3 Å². The maximum absolute atomic E-state index is 12.2. The Labute approximate surface area is 123 Å². The van der Waals surface area contributed by atoms with Gasteiger partial charge in [0.1, 0.15) is 6.29 Å². The highest BCUT2D eigenvalue weighted by Gasteiger charge is 2.51. The number of carbonyl (C=O) groups is 4. The monoisotopic (exact) mass is 296 g/mol. The van der Waals surface area contributed by atoms with Crippen molar-refractivity contribution in [2.75, 3.05) is 0 Å². The number of carboxylic acid groups (broad SMARTS) is 1. The number of aliphatic carboxylic acids is 1. The minimum absolute atomic E-state index is 0.0600. The zero-order chi connectivity index (χ0) is 16.0. The summed E-state index contributed by atoms with van der Waals surface area (Å²) in [5.41, 5.74) is -1.25. The van der Waals surface area contributed by atoms with Gasteiger partial charge in [-0.1, -0.05) is 19.4 Å². The molecule has 0 spiro atoms. The van der Waals surface area contributed by atoms with E-state index in [2.05, 4.69) is 6.58 Å². The highest BCUT2D eigenvalue weighted by molar-refractivity contribution is 5.97. The molecule has 1 N–H and O–H groups in total. The number of esters is 2. The van der Waals surface area contributed by atoms with Crippen molar-refractivity contribution in [3.8, 4) is 0 Å². The molecule has 1 aliphatic rings. The van der Waals surface area contributed by atoms with Gasteiger partial charge in [0.25, 0.3) is 0 Å². The molecule has 6 heteroatoms. The molecule has 0 radical (unpaired) electrons. The van der Waals surface area contributed by atoms with Gasteiger partial charge in [-0.3, -0.25) is 9.59 Å². The van der Waals surface area contributed by atoms with Gasteiger partial charge in [-0.2, -0.15) is 0 Å². The summed E-state index contributed by atoms with van der Waals surface area (Å²) in [6, 6.07) is 0. The van der Waals surface area contributed by atoms with E-state index in [9.17, 15) is 24.3 Å². The first-order valence-corrected chi connectivity index (χ1v) is 6.93. The molecule has 6 nitrogen and oxygen atoms in total. The summed E-state index contributed by atoms with van der Waals surface area (Å²) in [7, 11) is 0. The van der Waals surface area contributed by atoms with Crippen molar-refractivity contribution in [2.45, 2.75) is 45.4 Å². The van der Waals surface area contributed by atoms with Gasteiger partial charge in [-0.05, 0) is 26.2 Å². The van der Waals surface area contributed by atoms with Crippen molar-refractivity contribution < 1.29 is 29.0 Å². The van der Waals surface area contributed by atoms with E-state index in [0.717, 1.165) is 0 Å². The Balaban J connectivity index is 3.00. The van der Waals surface area contributed by atoms with Crippen LogP contribution in [0.25, 0.3) is 0 Å². The Hall–Kier alpha value is -1.98. The van der Waals surface area contributed by atoms with E-state index in [4.69, 9.17) is 4.74 Å². The number of hydrogen-bond acceptors (Lipinski definition) is 5. The van der Waals surface area contributed by atoms with Crippen LogP contribution in [0.1, 0.15) is 45.4 Å². The van der Waals surface area contributed by atoms with Crippen LogP contribution in [0.3, 0.4) is 0 Å². The number of ether oxygens (including phenoxy) is 1. The smallest absolute Gasteiger partial charge is 0.340 e. The molecule has 1 aliphatic carbocycles. The summed E-state index contributed by atoms with van der Waals surface area (Å²) in [4.78, 5) is 45.9. The van der Waals surface area contributed by atoms with E-state index in [1.807, 2.05) is 0 Å². The first kappa shape index (κ1) is 17.1. The third-order valence-corrected chi connectivity index (χ3v) is 3.99. The van der Waals surface area contributed by atoms with E-state index in [0.29, 0.717) is 32.0 Å². The average Bonchev–Trinajstić information content (AvgIpc) is 2.44. The van der Waals surface area contributed by atoms with E-state index < -0.39 is 29.2 Å². The number of rotatable bonds is 6. The zero-order valence-electron chi connectivity index (χ0n) is 12.1. The summed E-state index contributed by atoms with van der Waals surface area (Å²) in [5, 5.41) is 9.55. The summed E-state index contributed by atoms with van der Waals surface area (Å²) < 4.78 is 4.71. The van der Waals surface area contributed by atoms with Crippen LogP contribution < -0.4 is 0 Å². The van der Waals surface area contributed by atoms with Crippen LogP contribution in [-0.2, 0) is 23.9 Å². The topological polar surface area (TPSA) is 97.7 Å². The molecule has 0 aromatic carbocycles. The molecule has 1 rings (SSSR count). The van der Waals surface area contributed by atoms with Crippen molar-refractivity contribution in [3.63, 3.8) is 0 Å². The molecule has 1 saturated carbocycles. The Morgan fingerprint density at radius 3 is 2.57 bits per heavy atom. The molecule has 0 aromatic heterocycles. The van der Waals surface area contributed by atoms with Crippen LogP contribution in [0.2, 0.25) is 0 Å². The quantitative estimate of drug-likeness (QED) is 0.348. The van der Waals surface area contributed by atoms with Crippen molar-refractivity contribution in [2.24, 2.45) is 11.3 Å². The van der Waals surface area contributed by atoms with E-state index in [-0.39, 0.29) is 18.4 Å². The predicted octanol–water partition coefficient (Wildman–Crippen LogP) is 1.87. The van der Waals surface area contributed by atoms with Crippen LogP contribution >= 0.6 is 0 Å². The first-order valence-electron chi connectivity index (χ1n) is 6.93. The van der Waals surface area contributed by atoms with Crippen molar-refractivity contribution in [1.29, 1.82) is 0 Å². The van der Waals surface area contributed by atoms with Crippen LogP contribution in [0.15, 0.2) is 12.2 Å². The normalized spacial score (nSPS) is 24.9. The summed E-state index contributed by atoms with van der Waals surface area (Å²) in [5.74, 6) is -3.71. The largest absolute Gasteiger partial charge is 0.481 e. The lowest BCUT2D eigenvalue weighted by Crippen LogP contribution is -2.46. The Morgan fingerprint density at radius 1 is 1.38 bits per heavy atom. The standard InChI is InChI=1S/C15H20O6/c1-10(2)12(17)21-13(18)11-6-3-4-7-15(11,14(19)20)8-5-9-16/h9,11H,1,3-8H2,2H3,(H,19,20). The van der Waals surface area contributed by atoms with E-state index >= 15 is 0 Å². The molecule has 0 amide bonds. The second-order valence-corrected chi connectivity index (χ2v) is 5.45. The Morgan fingerprint density at radius 2 is 2.05 bits per heavy atom. The van der Waals surface area contributed by atoms with Gasteiger partial charge in [0, 0.05) is 12.0 Å². The number of aldehydes is 1. The highest BCUT2D eigenvalue weighted by Crippen LogP contribution is 2.45. The zero-order valence-corrected chi connectivity index (χ0v) is 12.1. The molecule has 0 aromatic rings. The molecular formula is C15H20O6. The summed E-state index contributed by atoms with van der Waals surface area (Å²) in [6.45, 7) is 4.79. The number of hydrogen-bond donors (Lipinski definition) is 1. The van der Waals surface area contributed by atoms with E-state index in [1.54, 1.807) is 0 Å². The third kappa shape index (κ3) is 3.77. The van der Waals surface area contributed by atoms with Gasteiger partial charge < -0.3 is 14.6 Å². The molecule has 21 heavy (non-hydrogen) atoms. The molecule has 2 unspecified atom stereocenters. The van der Waals surface area contributed by atoms with Crippen molar-refractivity contribution in [1.82, 2.24) is 0 Å². The maximum atomic E-state index is 12.2. The Kier molecular flexibility index (Phi) is 5.81. The lowest BCUT2D eigenvalue weighted by Gasteiger charge is -2.38. The van der Waals surface area contributed by atoms with Crippen LogP contribution in [0, 0.1) is 11.3 Å². The molecular weight excluding hydrogens is 276 g/mol. The van der Waals surface area contributed by atoms with E-state index in [1.165, 1.54) is 6.92 Å². The fourth-order valence-corrected chi connectivity index (χ4v) is 2.81. The number of carbonyl (C=O) groups excluding carboxylic acids is 3. The molecule has 2 atom stereocenters. The van der Waals surface area contributed by atoms with Crippen LogP contribution in [0.4, 0.5) is 0 Å². The SMILES string of the molecule is C=C(C)C(=O)OC(=O)C1CCCCC1(CCC=O)C(=O)O. The predicted molar refractivity (Wildman–Crippen MR) is 73.2 cm³/mol. The number of carboxylic acids is 1. The molecule has 0 aliphatic heterocycles. The molecule has 1 fully saturated rings. The van der Waals surface area contributed by atoms with Gasteiger partial charge in [0.2, 0.25) is 0 Å². The maximum Gasteiger partial charge on any atom is 0.340 e. The highest BCUT2D eigenvalue weighted by atomic mass is 16.6. The lowest BCUT2D eigenvalue weighted by molar-refractivity contribution is -0.174. The van der Waals surface area contributed by atoms with Crippen LogP contribution in [-0.4, -0.2) is 29.3 Å². The van der Waals surface area contributed by atoms with Gasteiger partial charge in [-0.25, -0.2) is 4.79 Å². The second kappa shape index (κ2) is 7.15. The molecule has 0 heterocycles. The second-order valence-electron chi connectivity index (χ2n) is 5.45. The Bertz CT molecular complexity index is 467.